The number of hydrogen-bond donors (Lipinski definition) is 1. The van der Waals surface area contributed by atoms with E-state index in [1.54, 1.807) is 12.1 Å². The lowest BCUT2D eigenvalue weighted by atomic mass is 9.63. The molecule has 4 aliphatic rings. The molecule has 1 saturated carbocycles. The zero-order valence-corrected chi connectivity index (χ0v) is 17.5. The number of carbonyl (C=O) groups excluding carboxylic acids is 2. The molecule has 1 N–H and O–H groups in total. The van der Waals surface area contributed by atoms with E-state index in [9.17, 15) is 14.7 Å². The number of anilines is 1. The Morgan fingerprint density at radius 3 is 1.53 bits per heavy atom. The molecule has 0 spiro atoms. The molecule has 4 atom stereocenters. The van der Waals surface area contributed by atoms with Crippen LogP contribution in [-0.2, 0) is 9.59 Å². The second kappa shape index (κ2) is 7.20. The maximum Gasteiger partial charge on any atom is 0.238 e. The molecule has 3 aromatic rings. The summed E-state index contributed by atoms with van der Waals surface area (Å²) < 4.78 is 0. The van der Waals surface area contributed by atoms with Gasteiger partial charge in [0.2, 0.25) is 11.8 Å². The summed E-state index contributed by atoms with van der Waals surface area (Å²) in [5, 5.41) is 11.2. The molecule has 4 nitrogen and oxygen atoms in total. The average molecular weight is 421 g/mol. The number of imide groups is 1. The third-order valence-electron chi connectivity index (χ3n) is 7.28. The summed E-state index contributed by atoms with van der Waals surface area (Å²) in [6.07, 6.45) is 6.20. The van der Waals surface area contributed by atoms with Crippen LogP contribution in [0.25, 0.3) is 22.3 Å². The topological polar surface area (TPSA) is 57.6 Å². The highest BCUT2D eigenvalue weighted by atomic mass is 16.3. The number of phenolic OH excluding ortho intramolecular Hbond substituents is 1. The van der Waals surface area contributed by atoms with Gasteiger partial charge in [-0.2, -0.15) is 0 Å². The van der Waals surface area contributed by atoms with Gasteiger partial charge in [-0.15, -0.1) is 0 Å². The monoisotopic (exact) mass is 421 g/mol. The summed E-state index contributed by atoms with van der Waals surface area (Å²) in [5.41, 5.74) is 3.42. The van der Waals surface area contributed by atoms with Crippen LogP contribution in [0.1, 0.15) is 12.8 Å². The highest BCUT2D eigenvalue weighted by Gasteiger charge is 2.57. The molecule has 4 heteroatoms. The molecule has 3 aliphatic carbocycles. The maximum atomic E-state index is 13.5. The van der Waals surface area contributed by atoms with Gasteiger partial charge in [-0.25, -0.2) is 4.90 Å². The predicted molar refractivity (Wildman–Crippen MR) is 124 cm³/mol. The lowest BCUT2D eigenvalue weighted by Gasteiger charge is -2.38. The summed E-state index contributed by atoms with van der Waals surface area (Å²) in [4.78, 5) is 28.4. The van der Waals surface area contributed by atoms with Gasteiger partial charge in [0.25, 0.3) is 0 Å². The van der Waals surface area contributed by atoms with Crippen molar-refractivity contribution in [3.05, 3.63) is 84.9 Å². The van der Waals surface area contributed by atoms with Crippen molar-refractivity contribution >= 4 is 17.5 Å². The summed E-state index contributed by atoms with van der Waals surface area (Å²) in [5.74, 6) is -0.313. The molecular weight excluding hydrogens is 398 g/mol. The molecule has 158 valence electrons. The van der Waals surface area contributed by atoms with Crippen LogP contribution in [0.2, 0.25) is 0 Å². The van der Waals surface area contributed by atoms with Crippen LogP contribution in [0.3, 0.4) is 0 Å². The van der Waals surface area contributed by atoms with Crippen molar-refractivity contribution in [2.75, 3.05) is 4.90 Å². The van der Waals surface area contributed by atoms with Gasteiger partial charge in [0, 0.05) is 11.1 Å². The van der Waals surface area contributed by atoms with Crippen molar-refractivity contribution in [1.82, 2.24) is 0 Å². The molecule has 3 aromatic carbocycles. The zero-order valence-electron chi connectivity index (χ0n) is 17.5. The lowest BCUT2D eigenvalue weighted by Crippen LogP contribution is -2.38. The van der Waals surface area contributed by atoms with Crippen LogP contribution in [-0.4, -0.2) is 16.9 Å². The minimum Gasteiger partial charge on any atom is -0.507 e. The lowest BCUT2D eigenvalue weighted by molar-refractivity contribution is -0.124. The normalized spacial score (nSPS) is 25.9. The van der Waals surface area contributed by atoms with Crippen molar-refractivity contribution in [2.45, 2.75) is 12.8 Å². The van der Waals surface area contributed by atoms with Crippen LogP contribution in [0.4, 0.5) is 5.69 Å². The van der Waals surface area contributed by atoms with Gasteiger partial charge in [0.1, 0.15) is 5.75 Å². The number of fused-ring (bicyclic) bond motifs is 1. The van der Waals surface area contributed by atoms with Gasteiger partial charge < -0.3 is 5.11 Å². The number of carbonyl (C=O) groups is 2. The molecule has 0 radical (unpaired) electrons. The Balaban J connectivity index is 1.53. The van der Waals surface area contributed by atoms with Crippen molar-refractivity contribution in [2.24, 2.45) is 23.7 Å². The van der Waals surface area contributed by atoms with Crippen molar-refractivity contribution < 1.29 is 14.7 Å². The molecule has 0 aromatic heterocycles. The largest absolute Gasteiger partial charge is 0.507 e. The first-order chi connectivity index (χ1) is 15.6. The van der Waals surface area contributed by atoms with Crippen LogP contribution < -0.4 is 4.90 Å². The highest BCUT2D eigenvalue weighted by molar-refractivity contribution is 6.23. The fourth-order valence-electron chi connectivity index (χ4n) is 5.75. The van der Waals surface area contributed by atoms with Gasteiger partial charge in [-0.05, 0) is 47.9 Å². The van der Waals surface area contributed by atoms with Gasteiger partial charge in [-0.1, -0.05) is 72.8 Å². The van der Waals surface area contributed by atoms with E-state index in [2.05, 4.69) is 12.2 Å². The fourth-order valence-corrected chi connectivity index (χ4v) is 5.75. The molecule has 2 bridgehead atoms. The predicted octanol–water partition coefficient (Wildman–Crippen LogP) is 5.43. The molecule has 7 rings (SSSR count). The first kappa shape index (κ1) is 19.1. The minimum atomic E-state index is -0.264. The maximum absolute atomic E-state index is 13.5. The average Bonchev–Trinajstić information content (AvgIpc) is 3.13. The van der Waals surface area contributed by atoms with Crippen molar-refractivity contribution in [1.29, 1.82) is 0 Å². The number of rotatable bonds is 3. The fraction of sp³-hybridized carbons (Fsp3) is 0.214. The van der Waals surface area contributed by atoms with Crippen LogP contribution in [0.5, 0.6) is 5.75 Å². The van der Waals surface area contributed by atoms with Crippen molar-refractivity contribution in [3.8, 4) is 28.0 Å². The van der Waals surface area contributed by atoms with E-state index in [-0.39, 0.29) is 41.2 Å². The number of nitrogens with zero attached hydrogens (tertiary/aromatic N) is 1. The summed E-state index contributed by atoms with van der Waals surface area (Å²) in [6.45, 7) is 0. The second-order valence-corrected chi connectivity index (χ2v) is 8.97. The molecular formula is C28H23NO3. The Morgan fingerprint density at radius 1 is 0.688 bits per heavy atom. The van der Waals surface area contributed by atoms with Gasteiger partial charge in [0.05, 0.1) is 17.5 Å². The molecule has 2 fully saturated rings. The van der Waals surface area contributed by atoms with Gasteiger partial charge >= 0.3 is 0 Å². The summed E-state index contributed by atoms with van der Waals surface area (Å²) >= 11 is 0. The van der Waals surface area contributed by atoms with E-state index >= 15 is 0 Å². The standard InChI is InChI=1S/C28H23NO3/c30-26-22(17-7-3-1-4-8-17)15-21(16-23(26)18-9-5-2-6-10-18)29-27(31)24-19-11-12-20(14-13-19)25(24)28(29)32/h1-12,15-16,19-20,24-25,30H,13-14H2/t19-,20+,24-,25+. The van der Waals surface area contributed by atoms with Crippen molar-refractivity contribution in [3.63, 3.8) is 0 Å². The Kier molecular flexibility index (Phi) is 4.29. The zero-order chi connectivity index (χ0) is 21.8. The summed E-state index contributed by atoms with van der Waals surface area (Å²) in [6, 6.07) is 22.7. The Bertz CT molecular complexity index is 1160. The van der Waals surface area contributed by atoms with Gasteiger partial charge in [0.15, 0.2) is 0 Å². The van der Waals surface area contributed by atoms with Gasteiger partial charge in [-0.3, -0.25) is 9.59 Å². The third-order valence-corrected chi connectivity index (χ3v) is 7.28. The number of hydrogen-bond acceptors (Lipinski definition) is 3. The van der Waals surface area contributed by atoms with Crippen LogP contribution >= 0.6 is 0 Å². The van der Waals surface area contributed by atoms with E-state index in [0.717, 1.165) is 24.0 Å². The molecule has 2 amide bonds. The Labute approximate surface area is 186 Å². The van der Waals surface area contributed by atoms with E-state index in [4.69, 9.17) is 0 Å². The number of allylic oxidation sites excluding steroid dienone is 2. The number of benzene rings is 3. The first-order valence-electron chi connectivity index (χ1n) is 11.2. The smallest absolute Gasteiger partial charge is 0.238 e. The quantitative estimate of drug-likeness (QED) is 0.453. The summed E-state index contributed by atoms with van der Waals surface area (Å²) in [7, 11) is 0. The van der Waals surface area contributed by atoms with Crippen LogP contribution in [0.15, 0.2) is 84.9 Å². The molecule has 1 saturated heterocycles. The van der Waals surface area contributed by atoms with E-state index in [1.807, 2.05) is 60.7 Å². The molecule has 1 heterocycles. The molecule has 0 unspecified atom stereocenters. The molecule has 32 heavy (non-hydrogen) atoms. The van der Waals surface area contributed by atoms with E-state index in [0.29, 0.717) is 16.8 Å². The van der Waals surface area contributed by atoms with E-state index in [1.165, 1.54) is 4.90 Å². The van der Waals surface area contributed by atoms with E-state index < -0.39 is 0 Å². The highest BCUT2D eigenvalue weighted by Crippen LogP contribution is 2.51. The van der Waals surface area contributed by atoms with Crippen LogP contribution in [0, 0.1) is 23.7 Å². The Hall–Kier alpha value is -3.66. The number of phenols is 1. The number of amides is 2. The second-order valence-electron chi connectivity index (χ2n) is 8.97. The first-order valence-corrected chi connectivity index (χ1v) is 11.2. The Morgan fingerprint density at radius 2 is 1.12 bits per heavy atom. The minimum absolute atomic E-state index is 0.109. The number of aromatic hydroxyl groups is 1. The third kappa shape index (κ3) is 2.76. The SMILES string of the molecule is O=C1[C@@H]2[C@H](C(=O)N1c1cc(-c3ccccc3)c(O)c(-c3ccccc3)c1)[C@@H]1C=C[C@H]2CC1. The molecule has 1 aliphatic heterocycles.